The number of fused-ring (bicyclic) bond motifs is 1. The number of aromatic hydroxyl groups is 1. The topological polar surface area (TPSA) is 73.4 Å². The fraction of sp³-hybridized carbons (Fsp3) is 0.0909. The van der Waals surface area contributed by atoms with Crippen LogP contribution in [0.4, 0.5) is 5.69 Å². The van der Waals surface area contributed by atoms with Crippen LogP contribution in [0, 0.1) is 0 Å². The molecule has 1 unspecified atom stereocenters. The fourth-order valence-electron chi connectivity index (χ4n) is 3.52. The van der Waals surface area contributed by atoms with E-state index in [-0.39, 0.29) is 11.7 Å². The van der Waals surface area contributed by atoms with Gasteiger partial charge in [-0.2, -0.15) is 0 Å². The van der Waals surface area contributed by atoms with E-state index in [9.17, 15) is 9.90 Å². The Morgan fingerprint density at radius 1 is 1.04 bits per heavy atom. The fourth-order valence-corrected chi connectivity index (χ4v) is 3.79. The van der Waals surface area contributed by atoms with Gasteiger partial charge in [0.2, 0.25) is 0 Å². The molecule has 0 aliphatic carbocycles. The first-order chi connectivity index (χ1) is 13.5. The predicted molar refractivity (Wildman–Crippen MR) is 115 cm³/mol. The molecule has 0 spiro atoms. The number of benzene rings is 3. The van der Waals surface area contributed by atoms with Gasteiger partial charge in [-0.25, -0.2) is 0 Å². The van der Waals surface area contributed by atoms with Gasteiger partial charge in [0, 0.05) is 16.9 Å². The number of allylic oxidation sites excluding steroid dienone is 1. The Labute approximate surface area is 168 Å². The van der Waals surface area contributed by atoms with Crippen LogP contribution in [0.2, 0.25) is 0 Å². The van der Waals surface area contributed by atoms with E-state index in [0.29, 0.717) is 27.6 Å². The van der Waals surface area contributed by atoms with Gasteiger partial charge in [0.05, 0.1) is 11.6 Å². The van der Waals surface area contributed by atoms with Crippen LogP contribution < -0.4 is 16.0 Å². The lowest BCUT2D eigenvalue weighted by Gasteiger charge is -2.31. The molecule has 0 saturated heterocycles. The molecule has 3 aromatic rings. The van der Waals surface area contributed by atoms with Gasteiger partial charge in [0.25, 0.3) is 5.91 Å². The van der Waals surface area contributed by atoms with E-state index in [1.54, 1.807) is 6.07 Å². The van der Waals surface area contributed by atoms with E-state index in [0.717, 1.165) is 10.8 Å². The van der Waals surface area contributed by atoms with E-state index < -0.39 is 6.04 Å². The number of thiocarbonyl (C=S) groups is 1. The van der Waals surface area contributed by atoms with Crippen molar-refractivity contribution in [2.24, 2.45) is 0 Å². The third-order valence-electron chi connectivity index (χ3n) is 4.78. The van der Waals surface area contributed by atoms with Crippen molar-refractivity contribution in [3.63, 3.8) is 0 Å². The van der Waals surface area contributed by atoms with E-state index in [2.05, 4.69) is 16.0 Å². The summed E-state index contributed by atoms with van der Waals surface area (Å²) in [7, 11) is 0. The number of para-hydroxylation sites is 1. The lowest BCUT2D eigenvalue weighted by Crippen LogP contribution is -2.45. The zero-order valence-electron chi connectivity index (χ0n) is 15.2. The molecular formula is C22H19N3O2S. The zero-order valence-corrected chi connectivity index (χ0v) is 16.0. The van der Waals surface area contributed by atoms with Crippen LogP contribution in [0.3, 0.4) is 0 Å². The van der Waals surface area contributed by atoms with E-state index in [1.165, 1.54) is 0 Å². The molecule has 1 amide bonds. The second-order valence-corrected chi connectivity index (χ2v) is 7.02. The van der Waals surface area contributed by atoms with Gasteiger partial charge in [0.15, 0.2) is 5.11 Å². The van der Waals surface area contributed by atoms with E-state index in [4.69, 9.17) is 12.2 Å². The van der Waals surface area contributed by atoms with Gasteiger partial charge >= 0.3 is 0 Å². The maximum Gasteiger partial charge on any atom is 0.255 e. The molecule has 4 rings (SSSR count). The molecule has 1 atom stereocenters. The minimum atomic E-state index is -0.580. The maximum atomic E-state index is 13.1. The zero-order chi connectivity index (χ0) is 19.7. The van der Waals surface area contributed by atoms with Crippen molar-refractivity contribution >= 4 is 39.7 Å². The molecule has 0 radical (unpaired) electrons. The average Bonchev–Trinajstić information content (AvgIpc) is 2.68. The summed E-state index contributed by atoms with van der Waals surface area (Å²) in [5.74, 6) is -0.151. The van der Waals surface area contributed by atoms with Crippen molar-refractivity contribution in [1.82, 2.24) is 10.6 Å². The number of rotatable bonds is 3. The highest BCUT2D eigenvalue weighted by atomic mass is 32.1. The van der Waals surface area contributed by atoms with Crippen molar-refractivity contribution in [3.05, 3.63) is 83.6 Å². The van der Waals surface area contributed by atoms with Gasteiger partial charge < -0.3 is 21.1 Å². The summed E-state index contributed by atoms with van der Waals surface area (Å²) in [6, 6.07) is 19.9. The molecule has 28 heavy (non-hydrogen) atoms. The SMILES string of the molecule is CC1=C(C(=O)Nc2ccccc2)C(c2c(O)ccc3ccccc23)NC(=S)N1. The quantitative estimate of drug-likeness (QED) is 0.510. The summed E-state index contributed by atoms with van der Waals surface area (Å²) >= 11 is 5.33. The number of phenols is 1. The number of carbonyl (C=O) groups excluding carboxylic acids is 1. The Morgan fingerprint density at radius 3 is 2.54 bits per heavy atom. The highest BCUT2D eigenvalue weighted by Crippen LogP contribution is 2.38. The summed E-state index contributed by atoms with van der Waals surface area (Å²) in [6.07, 6.45) is 0. The molecule has 3 aromatic carbocycles. The molecule has 1 aliphatic rings. The third kappa shape index (κ3) is 3.30. The van der Waals surface area contributed by atoms with Gasteiger partial charge in [-0.05, 0) is 48.1 Å². The highest BCUT2D eigenvalue weighted by molar-refractivity contribution is 7.80. The molecule has 1 heterocycles. The van der Waals surface area contributed by atoms with Crippen LogP contribution in [0.25, 0.3) is 10.8 Å². The Kier molecular flexibility index (Phi) is 4.71. The van der Waals surface area contributed by atoms with Crippen molar-refractivity contribution in [3.8, 4) is 5.75 Å². The lowest BCUT2D eigenvalue weighted by atomic mass is 9.90. The molecule has 0 aromatic heterocycles. The molecule has 0 bridgehead atoms. The first kappa shape index (κ1) is 18.0. The van der Waals surface area contributed by atoms with Crippen molar-refractivity contribution in [2.75, 3.05) is 5.32 Å². The second-order valence-electron chi connectivity index (χ2n) is 6.61. The molecule has 6 heteroatoms. The van der Waals surface area contributed by atoms with Gasteiger partial charge in [-0.3, -0.25) is 4.79 Å². The Bertz CT molecular complexity index is 1110. The molecular weight excluding hydrogens is 370 g/mol. The summed E-state index contributed by atoms with van der Waals surface area (Å²) < 4.78 is 0. The maximum absolute atomic E-state index is 13.1. The molecule has 1 aliphatic heterocycles. The largest absolute Gasteiger partial charge is 0.508 e. The van der Waals surface area contributed by atoms with E-state index in [1.807, 2.05) is 67.6 Å². The number of anilines is 1. The van der Waals surface area contributed by atoms with Crippen LogP contribution in [-0.2, 0) is 4.79 Å². The Hall–Kier alpha value is -3.38. The Balaban J connectivity index is 1.83. The van der Waals surface area contributed by atoms with Crippen molar-refractivity contribution in [2.45, 2.75) is 13.0 Å². The highest BCUT2D eigenvalue weighted by Gasteiger charge is 2.32. The van der Waals surface area contributed by atoms with Crippen molar-refractivity contribution in [1.29, 1.82) is 0 Å². The molecule has 4 N–H and O–H groups in total. The molecule has 0 fully saturated rings. The molecule has 0 saturated carbocycles. The summed E-state index contributed by atoms with van der Waals surface area (Å²) in [6.45, 7) is 1.81. The smallest absolute Gasteiger partial charge is 0.255 e. The Morgan fingerprint density at radius 2 is 1.75 bits per heavy atom. The molecule has 5 nitrogen and oxygen atoms in total. The standard InChI is InChI=1S/C22H19N3O2S/c1-13-18(21(27)24-15-8-3-2-4-9-15)20(25-22(28)23-13)19-16-10-6-5-7-14(16)11-12-17(19)26/h2-12,20,26H,1H3,(H,24,27)(H2,23,25,28). The van der Waals surface area contributed by atoms with Gasteiger partial charge in [-0.15, -0.1) is 0 Å². The lowest BCUT2D eigenvalue weighted by molar-refractivity contribution is -0.113. The minimum Gasteiger partial charge on any atom is -0.508 e. The number of hydrogen-bond acceptors (Lipinski definition) is 3. The van der Waals surface area contributed by atoms with Gasteiger partial charge in [0.1, 0.15) is 5.75 Å². The summed E-state index contributed by atoms with van der Waals surface area (Å²) in [5.41, 5.74) is 2.44. The number of nitrogens with one attached hydrogen (secondary N) is 3. The van der Waals surface area contributed by atoms with Crippen molar-refractivity contribution < 1.29 is 9.90 Å². The molecule has 140 valence electrons. The monoisotopic (exact) mass is 389 g/mol. The second kappa shape index (κ2) is 7.32. The number of carbonyl (C=O) groups is 1. The average molecular weight is 389 g/mol. The number of amides is 1. The van der Waals surface area contributed by atoms with Gasteiger partial charge in [-0.1, -0.05) is 48.5 Å². The summed E-state index contributed by atoms with van der Waals surface area (Å²) in [5, 5.41) is 22.0. The third-order valence-corrected chi connectivity index (χ3v) is 5.00. The minimum absolute atomic E-state index is 0.110. The number of phenolic OH excluding ortho intramolecular Hbond substituents is 1. The van der Waals surface area contributed by atoms with E-state index >= 15 is 0 Å². The van der Waals surface area contributed by atoms with Crippen LogP contribution in [0.1, 0.15) is 18.5 Å². The van der Waals surface area contributed by atoms with Crippen LogP contribution in [0.15, 0.2) is 78.0 Å². The number of hydrogen-bond donors (Lipinski definition) is 4. The summed E-state index contributed by atoms with van der Waals surface area (Å²) in [4.78, 5) is 13.1. The van der Waals surface area contributed by atoms with Crippen LogP contribution >= 0.6 is 12.2 Å². The first-order valence-electron chi connectivity index (χ1n) is 8.90. The first-order valence-corrected chi connectivity index (χ1v) is 9.30. The normalized spacial score (nSPS) is 16.5. The van der Waals surface area contributed by atoms with Crippen LogP contribution in [0.5, 0.6) is 5.75 Å². The predicted octanol–water partition coefficient (Wildman–Crippen LogP) is 3.98. The van der Waals surface area contributed by atoms with Crippen LogP contribution in [-0.4, -0.2) is 16.1 Å².